The molecule has 1 heterocycles. The SMILES string of the molecule is CC(=O)c1c(CN)cnn1C. The lowest BCUT2D eigenvalue weighted by Crippen LogP contribution is -2.08. The van der Waals surface area contributed by atoms with Gasteiger partial charge in [0.2, 0.25) is 0 Å². The molecule has 4 nitrogen and oxygen atoms in total. The minimum Gasteiger partial charge on any atom is -0.326 e. The fourth-order valence-electron chi connectivity index (χ4n) is 1.09. The smallest absolute Gasteiger partial charge is 0.178 e. The molecule has 0 unspecified atom stereocenters. The number of nitrogens with two attached hydrogens (primary N) is 1. The molecule has 0 saturated carbocycles. The average Bonchev–Trinajstić information content (AvgIpc) is 2.30. The number of Topliss-reactive ketones (excluding diaryl/α,β-unsaturated/α-hetero) is 1. The summed E-state index contributed by atoms with van der Waals surface area (Å²) in [5.74, 6) is 0.00505. The summed E-state index contributed by atoms with van der Waals surface area (Å²) >= 11 is 0. The Hall–Kier alpha value is -1.16. The van der Waals surface area contributed by atoms with Gasteiger partial charge in [0.25, 0.3) is 0 Å². The van der Waals surface area contributed by atoms with Crippen LogP contribution in [0.1, 0.15) is 23.0 Å². The highest BCUT2D eigenvalue weighted by molar-refractivity contribution is 5.93. The second-order valence-electron chi connectivity index (χ2n) is 2.40. The first-order valence-electron chi connectivity index (χ1n) is 3.38. The van der Waals surface area contributed by atoms with E-state index in [1.54, 1.807) is 17.9 Å². The van der Waals surface area contributed by atoms with Crippen molar-refractivity contribution < 1.29 is 4.79 Å². The zero-order valence-electron chi connectivity index (χ0n) is 6.66. The zero-order valence-corrected chi connectivity index (χ0v) is 6.66. The van der Waals surface area contributed by atoms with Gasteiger partial charge in [-0.05, 0) is 0 Å². The Kier molecular flexibility index (Phi) is 2.05. The van der Waals surface area contributed by atoms with Gasteiger partial charge >= 0.3 is 0 Å². The topological polar surface area (TPSA) is 60.9 Å². The Balaban J connectivity index is 3.17. The standard InChI is InChI=1S/C7H11N3O/c1-5(11)7-6(3-8)4-9-10(7)2/h4H,3,8H2,1-2H3. The number of nitrogens with zero attached hydrogens (tertiary/aromatic N) is 2. The Morgan fingerprint density at radius 3 is 2.82 bits per heavy atom. The summed E-state index contributed by atoms with van der Waals surface area (Å²) < 4.78 is 1.55. The predicted molar refractivity (Wildman–Crippen MR) is 41.1 cm³/mol. The van der Waals surface area contributed by atoms with Crippen LogP contribution in [0.3, 0.4) is 0 Å². The number of rotatable bonds is 2. The van der Waals surface area contributed by atoms with Crippen molar-refractivity contribution in [3.63, 3.8) is 0 Å². The van der Waals surface area contributed by atoms with E-state index in [0.29, 0.717) is 12.2 Å². The fourth-order valence-corrected chi connectivity index (χ4v) is 1.09. The maximum atomic E-state index is 11.0. The van der Waals surface area contributed by atoms with Gasteiger partial charge in [0.1, 0.15) is 5.69 Å². The van der Waals surface area contributed by atoms with E-state index in [-0.39, 0.29) is 5.78 Å². The first-order chi connectivity index (χ1) is 5.16. The molecule has 60 valence electrons. The van der Waals surface area contributed by atoms with Gasteiger partial charge < -0.3 is 5.73 Å². The van der Waals surface area contributed by atoms with Gasteiger partial charge in [-0.1, -0.05) is 0 Å². The third-order valence-electron chi connectivity index (χ3n) is 1.57. The number of hydrogen-bond acceptors (Lipinski definition) is 3. The summed E-state index contributed by atoms with van der Waals surface area (Å²) in [5.41, 5.74) is 6.81. The van der Waals surface area contributed by atoms with Gasteiger partial charge in [0, 0.05) is 26.1 Å². The highest BCUT2D eigenvalue weighted by Crippen LogP contribution is 2.06. The second-order valence-corrected chi connectivity index (χ2v) is 2.40. The largest absolute Gasteiger partial charge is 0.326 e. The third kappa shape index (κ3) is 1.30. The molecule has 0 spiro atoms. The number of hydrogen-bond donors (Lipinski definition) is 1. The lowest BCUT2D eigenvalue weighted by molar-refractivity contribution is 0.100. The van der Waals surface area contributed by atoms with E-state index >= 15 is 0 Å². The summed E-state index contributed by atoms with van der Waals surface area (Å²) in [6.07, 6.45) is 1.62. The third-order valence-corrected chi connectivity index (χ3v) is 1.57. The molecule has 4 heteroatoms. The lowest BCUT2D eigenvalue weighted by atomic mass is 10.2. The molecule has 1 rings (SSSR count). The number of carbonyl (C=O) groups excluding carboxylic acids is 1. The molecule has 1 aromatic heterocycles. The van der Waals surface area contributed by atoms with E-state index in [4.69, 9.17) is 5.73 Å². The molecule has 0 atom stereocenters. The van der Waals surface area contributed by atoms with E-state index < -0.39 is 0 Å². The molecular weight excluding hydrogens is 142 g/mol. The van der Waals surface area contributed by atoms with Crippen LogP contribution in [0.25, 0.3) is 0 Å². The minimum atomic E-state index is 0.00505. The maximum absolute atomic E-state index is 11.0. The van der Waals surface area contributed by atoms with Gasteiger partial charge in [-0.3, -0.25) is 9.48 Å². The van der Waals surface area contributed by atoms with Crippen LogP contribution in [-0.4, -0.2) is 15.6 Å². The second kappa shape index (κ2) is 2.84. The van der Waals surface area contributed by atoms with E-state index in [1.807, 2.05) is 0 Å². The Labute approximate surface area is 65.0 Å². The van der Waals surface area contributed by atoms with Crippen LogP contribution in [0.5, 0.6) is 0 Å². The van der Waals surface area contributed by atoms with Crippen molar-refractivity contribution in [2.24, 2.45) is 12.8 Å². The highest BCUT2D eigenvalue weighted by Gasteiger charge is 2.10. The van der Waals surface area contributed by atoms with Gasteiger partial charge in [-0.15, -0.1) is 0 Å². The molecule has 2 N–H and O–H groups in total. The molecule has 0 saturated heterocycles. The van der Waals surface area contributed by atoms with Crippen molar-refractivity contribution in [1.82, 2.24) is 9.78 Å². The van der Waals surface area contributed by atoms with Crippen LogP contribution < -0.4 is 5.73 Å². The average molecular weight is 153 g/mol. The normalized spacial score (nSPS) is 10.1. The number of aromatic nitrogens is 2. The van der Waals surface area contributed by atoms with Crippen LogP contribution >= 0.6 is 0 Å². The molecule has 0 amide bonds. The highest BCUT2D eigenvalue weighted by atomic mass is 16.1. The molecular formula is C7H11N3O. The van der Waals surface area contributed by atoms with Crippen LogP contribution in [0, 0.1) is 0 Å². The van der Waals surface area contributed by atoms with Crippen LogP contribution in [0.4, 0.5) is 0 Å². The van der Waals surface area contributed by atoms with Crippen molar-refractivity contribution in [2.75, 3.05) is 0 Å². The summed E-state index contributed by atoms with van der Waals surface area (Å²) in [7, 11) is 1.73. The lowest BCUT2D eigenvalue weighted by Gasteiger charge is -1.97. The molecule has 0 aliphatic rings. The number of carbonyl (C=O) groups is 1. The molecule has 0 aliphatic carbocycles. The quantitative estimate of drug-likeness (QED) is 0.612. The van der Waals surface area contributed by atoms with Crippen molar-refractivity contribution in [2.45, 2.75) is 13.5 Å². The summed E-state index contributed by atoms with van der Waals surface area (Å²) in [6, 6.07) is 0. The van der Waals surface area contributed by atoms with Crippen molar-refractivity contribution in [1.29, 1.82) is 0 Å². The molecule has 0 bridgehead atoms. The zero-order chi connectivity index (χ0) is 8.43. The van der Waals surface area contributed by atoms with E-state index in [2.05, 4.69) is 5.10 Å². The van der Waals surface area contributed by atoms with Crippen LogP contribution in [0.2, 0.25) is 0 Å². The summed E-state index contributed by atoms with van der Waals surface area (Å²) in [5, 5.41) is 3.92. The first kappa shape index (κ1) is 7.94. The summed E-state index contributed by atoms with van der Waals surface area (Å²) in [4.78, 5) is 11.0. The minimum absolute atomic E-state index is 0.00505. The molecule has 0 aliphatic heterocycles. The molecule has 11 heavy (non-hydrogen) atoms. The predicted octanol–water partition coefficient (Wildman–Crippen LogP) is 0.0814. The molecule has 0 fully saturated rings. The van der Waals surface area contributed by atoms with Crippen molar-refractivity contribution in [3.8, 4) is 0 Å². The molecule has 0 aromatic carbocycles. The Morgan fingerprint density at radius 2 is 2.45 bits per heavy atom. The van der Waals surface area contributed by atoms with E-state index in [1.165, 1.54) is 6.92 Å². The van der Waals surface area contributed by atoms with Crippen molar-refractivity contribution in [3.05, 3.63) is 17.5 Å². The maximum Gasteiger partial charge on any atom is 0.178 e. The van der Waals surface area contributed by atoms with E-state index in [0.717, 1.165) is 5.56 Å². The Bertz CT molecular complexity index is 277. The van der Waals surface area contributed by atoms with E-state index in [9.17, 15) is 4.79 Å². The molecule has 0 radical (unpaired) electrons. The number of ketones is 1. The summed E-state index contributed by atoms with van der Waals surface area (Å²) in [6.45, 7) is 1.87. The van der Waals surface area contributed by atoms with Gasteiger partial charge in [0.05, 0.1) is 6.20 Å². The van der Waals surface area contributed by atoms with Crippen LogP contribution in [0.15, 0.2) is 6.20 Å². The van der Waals surface area contributed by atoms with Gasteiger partial charge in [-0.2, -0.15) is 5.10 Å². The Morgan fingerprint density at radius 1 is 1.82 bits per heavy atom. The van der Waals surface area contributed by atoms with Crippen molar-refractivity contribution >= 4 is 5.78 Å². The van der Waals surface area contributed by atoms with Gasteiger partial charge in [-0.25, -0.2) is 0 Å². The first-order valence-corrected chi connectivity index (χ1v) is 3.38. The number of aryl methyl sites for hydroxylation is 1. The van der Waals surface area contributed by atoms with Crippen LogP contribution in [-0.2, 0) is 13.6 Å². The molecule has 1 aromatic rings. The van der Waals surface area contributed by atoms with Gasteiger partial charge in [0.15, 0.2) is 5.78 Å². The fraction of sp³-hybridized carbons (Fsp3) is 0.429. The monoisotopic (exact) mass is 153 g/mol.